The number of aliphatic imine (C=N–C) groups is 2. The van der Waals surface area contributed by atoms with E-state index in [0.29, 0.717) is 11.1 Å². The Morgan fingerprint density at radius 1 is 0.373 bits per heavy atom. The van der Waals surface area contributed by atoms with Crippen LogP contribution in [0.5, 0.6) is 11.5 Å². The Kier molecular flexibility index (Phi) is 17.4. The minimum Gasteiger partial charge on any atom is -0.872 e. The molecular weight excluding hydrogens is 865 g/mol. The fourth-order valence-corrected chi connectivity index (χ4v) is 7.46. The van der Waals surface area contributed by atoms with Crippen LogP contribution in [0.3, 0.4) is 0 Å². The summed E-state index contributed by atoms with van der Waals surface area (Å²) in [6, 6.07) is 58.6. The summed E-state index contributed by atoms with van der Waals surface area (Å²) in [7, 11) is 0. The Labute approximate surface area is 406 Å². The van der Waals surface area contributed by atoms with Gasteiger partial charge in [0.2, 0.25) is 0 Å². The van der Waals surface area contributed by atoms with Crippen molar-refractivity contribution < 1.29 is 42.1 Å². The van der Waals surface area contributed by atoms with E-state index in [0.717, 1.165) is 77.0 Å². The zero-order valence-electron chi connectivity index (χ0n) is 37.7. The van der Waals surface area contributed by atoms with Crippen molar-refractivity contribution in [2.75, 3.05) is 0 Å². The van der Waals surface area contributed by atoms with Gasteiger partial charge in [-0.25, -0.2) is 0 Å². The Morgan fingerprint density at radius 3 is 0.970 bits per heavy atom. The summed E-state index contributed by atoms with van der Waals surface area (Å²) in [5, 5.41) is 53.3. The fourth-order valence-electron chi connectivity index (χ4n) is 7.46. The molecule has 0 aliphatic rings. The second-order valence-corrected chi connectivity index (χ2v) is 15.8. The number of nitrogens with zero attached hydrogens (tertiary/aromatic N) is 4. The van der Waals surface area contributed by atoms with Gasteiger partial charge in [0, 0.05) is 23.5 Å². The van der Waals surface area contributed by atoms with Crippen molar-refractivity contribution in [3.63, 3.8) is 0 Å². The molecule has 9 heteroatoms. The van der Waals surface area contributed by atoms with Crippen LogP contribution in [0.1, 0.15) is 39.1 Å². The largest absolute Gasteiger partial charge is 4.00 e. The molecule has 0 bridgehead atoms. The van der Waals surface area contributed by atoms with Gasteiger partial charge in [0.1, 0.15) is 0 Å². The van der Waals surface area contributed by atoms with Gasteiger partial charge in [-0.2, -0.15) is 0 Å². The minimum atomic E-state index is -0.417. The maximum atomic E-state index is 13.0. The van der Waals surface area contributed by atoms with Gasteiger partial charge in [0.25, 0.3) is 0 Å². The van der Waals surface area contributed by atoms with Crippen molar-refractivity contribution >= 4 is 66.9 Å². The first-order valence-corrected chi connectivity index (χ1v) is 21.7. The van der Waals surface area contributed by atoms with Crippen LogP contribution in [0.25, 0.3) is 65.3 Å². The van der Waals surface area contributed by atoms with E-state index in [2.05, 4.69) is 22.1 Å². The molecule has 2 aromatic heterocycles. The zero-order valence-corrected chi connectivity index (χ0v) is 39.3. The summed E-state index contributed by atoms with van der Waals surface area (Å²) < 4.78 is 0. The minimum absolute atomic E-state index is 0. The number of aromatic nitrogens is 2. The van der Waals surface area contributed by atoms with E-state index in [1.165, 1.54) is 0 Å². The first kappa shape index (κ1) is 49.1. The Bertz CT molecular complexity index is 3040. The summed E-state index contributed by atoms with van der Waals surface area (Å²) >= 11 is 0. The smallest absolute Gasteiger partial charge is 0.872 e. The van der Waals surface area contributed by atoms with Crippen LogP contribution >= 0.6 is 0 Å². The van der Waals surface area contributed by atoms with Crippen molar-refractivity contribution in [3.8, 4) is 33.8 Å². The average Bonchev–Trinajstić information content (AvgIpc) is 3.33. The third-order valence-corrected chi connectivity index (χ3v) is 10.1. The molecule has 0 saturated carbocycles. The summed E-state index contributed by atoms with van der Waals surface area (Å²) in [5.41, 5.74) is 6.14. The Morgan fingerprint density at radius 2 is 0.657 bits per heavy atom. The standard InChI is InChI=1S/2C26H18N2O.2C3H7O.Ti/c2*29-24-15-13-19-8-2-4-11-22(19)26(24)25-21-10-3-1-7-18(21)12-14-23(25)28-17-20-9-5-6-16-27-20;2*1-3(2)4;/h2*1-17,29H;2*3H,1-2H3;/q;;2*-1;+4/p-2. The van der Waals surface area contributed by atoms with Crippen LogP contribution < -0.4 is 20.4 Å². The third kappa shape index (κ3) is 12.5. The van der Waals surface area contributed by atoms with Gasteiger partial charge in [0.15, 0.2) is 0 Å². The molecule has 2 heterocycles. The van der Waals surface area contributed by atoms with Gasteiger partial charge in [-0.3, -0.25) is 20.0 Å². The molecule has 8 nitrogen and oxygen atoms in total. The molecule has 10 aromatic rings. The van der Waals surface area contributed by atoms with Crippen molar-refractivity contribution in [1.82, 2.24) is 9.97 Å². The summed E-state index contributed by atoms with van der Waals surface area (Å²) in [4.78, 5) is 18.1. The van der Waals surface area contributed by atoms with Crippen LogP contribution in [-0.4, -0.2) is 34.6 Å². The second kappa shape index (κ2) is 23.7. The maximum Gasteiger partial charge on any atom is 4.00 e. The van der Waals surface area contributed by atoms with Gasteiger partial charge in [-0.15, -0.1) is 23.7 Å². The quantitative estimate of drug-likeness (QED) is 0.120. The van der Waals surface area contributed by atoms with Crippen LogP contribution in [-0.2, 0) is 21.7 Å². The molecular formula is C58H48N4O4Ti. The molecule has 0 atom stereocenters. The van der Waals surface area contributed by atoms with Gasteiger partial charge >= 0.3 is 21.7 Å². The number of hydrogen-bond donors (Lipinski definition) is 0. The van der Waals surface area contributed by atoms with E-state index in [1.54, 1.807) is 64.7 Å². The predicted octanol–water partition coefficient (Wildman–Crippen LogP) is 11.3. The van der Waals surface area contributed by atoms with Crippen molar-refractivity contribution in [1.29, 1.82) is 0 Å². The van der Waals surface area contributed by atoms with Gasteiger partial charge in [0.05, 0.1) is 35.2 Å². The van der Waals surface area contributed by atoms with Crippen molar-refractivity contribution in [2.24, 2.45) is 9.98 Å². The number of benzene rings is 8. The molecule has 0 saturated heterocycles. The Hall–Kier alpha value is -7.33. The molecule has 0 spiro atoms. The number of fused-ring (bicyclic) bond motifs is 4. The molecule has 0 aliphatic carbocycles. The van der Waals surface area contributed by atoms with E-state index < -0.39 is 12.2 Å². The monoisotopic (exact) mass is 912 g/mol. The van der Waals surface area contributed by atoms with Crippen molar-refractivity contribution in [2.45, 2.75) is 39.9 Å². The SMILES string of the molecule is CC(C)[O-].CC(C)[O-].[O-]c1ccc2ccccc2c1-c1c(N=Cc2ccccn2)ccc2ccccc12.[O-]c1ccc2ccccc2c1-c1c(N=Cc2ccccn2)ccc2ccccc12.[Ti+4]. The number of rotatable bonds is 6. The van der Waals surface area contributed by atoms with E-state index in [4.69, 9.17) is 9.98 Å². The zero-order chi connectivity index (χ0) is 46.4. The normalized spacial score (nSPS) is 11.0. The van der Waals surface area contributed by atoms with E-state index >= 15 is 0 Å². The van der Waals surface area contributed by atoms with E-state index in [9.17, 15) is 20.4 Å². The predicted molar refractivity (Wildman–Crippen MR) is 266 cm³/mol. The van der Waals surface area contributed by atoms with Crippen LogP contribution in [0.4, 0.5) is 11.4 Å². The van der Waals surface area contributed by atoms with E-state index in [-0.39, 0.29) is 33.2 Å². The first-order chi connectivity index (χ1) is 32.1. The molecule has 67 heavy (non-hydrogen) atoms. The second-order valence-electron chi connectivity index (χ2n) is 15.8. The number of pyridine rings is 2. The molecule has 328 valence electrons. The van der Waals surface area contributed by atoms with Gasteiger partial charge in [-0.05, 0) is 90.6 Å². The molecule has 0 amide bonds. The number of hydrogen-bond acceptors (Lipinski definition) is 8. The topological polar surface area (TPSA) is 143 Å². The summed E-state index contributed by atoms with van der Waals surface area (Å²) in [6.45, 7) is 6.44. The molecule has 0 N–H and O–H groups in total. The molecule has 0 unspecified atom stereocenters. The first-order valence-electron chi connectivity index (χ1n) is 21.7. The summed E-state index contributed by atoms with van der Waals surface area (Å²) in [6.07, 6.45) is 6.12. The molecule has 0 aliphatic heterocycles. The van der Waals surface area contributed by atoms with Gasteiger partial charge in [-0.1, -0.05) is 173 Å². The Balaban J connectivity index is 0.000000188. The summed E-state index contributed by atoms with van der Waals surface area (Å²) in [5.74, 6) is -0.0105. The molecule has 10 rings (SSSR count). The molecule has 0 fully saturated rings. The van der Waals surface area contributed by atoms with E-state index in [1.807, 2.05) is 158 Å². The molecule has 8 aromatic carbocycles. The third-order valence-electron chi connectivity index (χ3n) is 10.1. The van der Waals surface area contributed by atoms with Gasteiger partial charge < -0.3 is 20.4 Å². The van der Waals surface area contributed by atoms with Crippen LogP contribution in [0.2, 0.25) is 0 Å². The van der Waals surface area contributed by atoms with Crippen LogP contribution in [0, 0.1) is 0 Å². The average molecular weight is 913 g/mol. The maximum absolute atomic E-state index is 13.0. The van der Waals surface area contributed by atoms with Crippen molar-refractivity contribution in [3.05, 3.63) is 206 Å². The van der Waals surface area contributed by atoms with Crippen LogP contribution in [0.15, 0.2) is 204 Å². The molecule has 0 radical (unpaired) electrons. The fraction of sp³-hybridized carbons (Fsp3) is 0.103.